The van der Waals surface area contributed by atoms with Crippen LogP contribution in [0.1, 0.15) is 45.7 Å². The molecular weight excluding hydrogens is 274 g/mol. The average molecular weight is 305 g/mol. The Kier molecular flexibility index (Phi) is 9.31. The highest BCUT2D eigenvalue weighted by Crippen LogP contribution is 2.10. The van der Waals surface area contributed by atoms with Gasteiger partial charge < -0.3 is 15.4 Å². The Morgan fingerprint density at radius 1 is 1.18 bits per heavy atom. The molecule has 0 saturated carbocycles. The van der Waals surface area contributed by atoms with Crippen molar-refractivity contribution in [2.45, 2.75) is 40.2 Å². The van der Waals surface area contributed by atoms with Crippen molar-refractivity contribution >= 4 is 5.96 Å². The van der Waals surface area contributed by atoms with Crippen molar-refractivity contribution in [3.8, 4) is 0 Å². The molecule has 0 aromatic heterocycles. The summed E-state index contributed by atoms with van der Waals surface area (Å²) < 4.78 is 5.58. The minimum absolute atomic E-state index is 0.233. The van der Waals surface area contributed by atoms with Crippen LogP contribution in [0.25, 0.3) is 0 Å². The summed E-state index contributed by atoms with van der Waals surface area (Å²) in [6.45, 7) is 11.8. The van der Waals surface area contributed by atoms with E-state index in [9.17, 15) is 0 Å². The van der Waals surface area contributed by atoms with Gasteiger partial charge in [-0.15, -0.1) is 0 Å². The quantitative estimate of drug-likeness (QED) is 0.418. The van der Waals surface area contributed by atoms with Gasteiger partial charge in [-0.05, 0) is 31.7 Å². The van der Waals surface area contributed by atoms with Gasteiger partial charge in [0.05, 0.1) is 6.04 Å². The molecule has 0 aliphatic rings. The third-order valence-corrected chi connectivity index (χ3v) is 3.16. The number of rotatable bonds is 9. The second-order valence-corrected chi connectivity index (χ2v) is 5.86. The van der Waals surface area contributed by atoms with Gasteiger partial charge in [0.2, 0.25) is 0 Å². The molecule has 1 rings (SSSR count). The minimum atomic E-state index is 0.233. The molecule has 0 amide bonds. The molecule has 124 valence electrons. The van der Waals surface area contributed by atoms with E-state index in [0.717, 1.165) is 38.7 Å². The van der Waals surface area contributed by atoms with E-state index in [4.69, 9.17) is 4.74 Å². The molecule has 0 bridgehead atoms. The van der Waals surface area contributed by atoms with Gasteiger partial charge in [0.25, 0.3) is 0 Å². The lowest BCUT2D eigenvalue weighted by Gasteiger charge is -2.18. The summed E-state index contributed by atoms with van der Waals surface area (Å²) >= 11 is 0. The molecule has 22 heavy (non-hydrogen) atoms. The van der Waals surface area contributed by atoms with E-state index in [1.54, 1.807) is 0 Å². The summed E-state index contributed by atoms with van der Waals surface area (Å²) in [5, 5.41) is 6.73. The summed E-state index contributed by atoms with van der Waals surface area (Å²) in [6, 6.07) is 10.6. The monoisotopic (exact) mass is 305 g/mol. The Labute approximate surface area is 135 Å². The fraction of sp³-hybridized carbons (Fsp3) is 0.611. The first kappa shape index (κ1) is 18.5. The maximum Gasteiger partial charge on any atom is 0.191 e. The lowest BCUT2D eigenvalue weighted by atomic mass is 10.1. The molecule has 0 aliphatic carbocycles. The molecule has 2 N–H and O–H groups in total. The zero-order valence-corrected chi connectivity index (χ0v) is 14.4. The summed E-state index contributed by atoms with van der Waals surface area (Å²) in [6.07, 6.45) is 0.947. The van der Waals surface area contributed by atoms with Gasteiger partial charge in [-0.2, -0.15) is 0 Å². The highest BCUT2D eigenvalue weighted by molar-refractivity contribution is 5.80. The van der Waals surface area contributed by atoms with E-state index >= 15 is 0 Å². The third kappa shape index (κ3) is 8.03. The van der Waals surface area contributed by atoms with Crippen LogP contribution in [0.3, 0.4) is 0 Å². The van der Waals surface area contributed by atoms with E-state index in [1.807, 2.05) is 6.07 Å². The van der Waals surface area contributed by atoms with Crippen LogP contribution >= 0.6 is 0 Å². The number of benzene rings is 1. The second-order valence-electron chi connectivity index (χ2n) is 5.86. The van der Waals surface area contributed by atoms with Gasteiger partial charge in [0.15, 0.2) is 5.96 Å². The van der Waals surface area contributed by atoms with Crippen LogP contribution < -0.4 is 10.6 Å². The molecule has 1 unspecified atom stereocenters. The lowest BCUT2D eigenvalue weighted by molar-refractivity contribution is 0.109. The number of nitrogens with zero attached hydrogens (tertiary/aromatic N) is 1. The summed E-state index contributed by atoms with van der Waals surface area (Å²) in [5.74, 6) is 1.46. The Balaban J connectivity index is 2.38. The molecule has 0 aliphatic heterocycles. The predicted molar refractivity (Wildman–Crippen MR) is 94.2 cm³/mol. The lowest BCUT2D eigenvalue weighted by Crippen LogP contribution is -2.38. The van der Waals surface area contributed by atoms with Crippen molar-refractivity contribution in [3.63, 3.8) is 0 Å². The van der Waals surface area contributed by atoms with E-state index in [0.29, 0.717) is 5.92 Å². The standard InChI is InChI=1S/C18H31N3O/c1-5-19-18(20-12-9-13-22-14-15(2)3)21-16(4)17-10-7-6-8-11-17/h6-8,10-11,15-16H,5,9,12-14H2,1-4H3,(H2,19,20,21). The molecule has 0 spiro atoms. The zero-order valence-electron chi connectivity index (χ0n) is 14.4. The minimum Gasteiger partial charge on any atom is -0.381 e. The largest absolute Gasteiger partial charge is 0.381 e. The topological polar surface area (TPSA) is 45.7 Å². The molecule has 4 heteroatoms. The smallest absolute Gasteiger partial charge is 0.191 e. The van der Waals surface area contributed by atoms with Gasteiger partial charge in [0, 0.05) is 26.3 Å². The molecule has 0 saturated heterocycles. The number of hydrogen-bond acceptors (Lipinski definition) is 2. The maximum atomic E-state index is 5.58. The fourth-order valence-electron chi connectivity index (χ4n) is 2.03. The Morgan fingerprint density at radius 2 is 1.91 bits per heavy atom. The van der Waals surface area contributed by atoms with Crippen LogP contribution in [0.2, 0.25) is 0 Å². The predicted octanol–water partition coefficient (Wildman–Crippen LogP) is 3.37. The number of guanidine groups is 1. The van der Waals surface area contributed by atoms with E-state index in [1.165, 1.54) is 5.56 Å². The SMILES string of the molecule is CCNC(=NCCCOCC(C)C)NC(C)c1ccccc1. The number of ether oxygens (including phenoxy) is 1. The van der Waals surface area contributed by atoms with Gasteiger partial charge in [-0.1, -0.05) is 44.2 Å². The van der Waals surface area contributed by atoms with Crippen LogP contribution in [0.4, 0.5) is 0 Å². The Hall–Kier alpha value is -1.55. The van der Waals surface area contributed by atoms with Crippen molar-refractivity contribution in [2.24, 2.45) is 10.9 Å². The molecule has 1 atom stereocenters. The molecule has 0 radical (unpaired) electrons. The van der Waals surface area contributed by atoms with E-state index < -0.39 is 0 Å². The third-order valence-electron chi connectivity index (χ3n) is 3.16. The molecule has 4 nitrogen and oxygen atoms in total. The average Bonchev–Trinajstić information content (AvgIpc) is 2.51. The van der Waals surface area contributed by atoms with Crippen LogP contribution in [0, 0.1) is 5.92 Å². The van der Waals surface area contributed by atoms with Crippen molar-refractivity contribution in [3.05, 3.63) is 35.9 Å². The van der Waals surface area contributed by atoms with Gasteiger partial charge >= 0.3 is 0 Å². The first-order valence-electron chi connectivity index (χ1n) is 8.31. The summed E-state index contributed by atoms with van der Waals surface area (Å²) in [5.41, 5.74) is 1.26. The normalized spacial score (nSPS) is 13.2. The number of nitrogens with one attached hydrogen (secondary N) is 2. The van der Waals surface area contributed by atoms with Crippen molar-refractivity contribution in [1.82, 2.24) is 10.6 Å². The molecular formula is C18H31N3O. The maximum absolute atomic E-state index is 5.58. The highest BCUT2D eigenvalue weighted by atomic mass is 16.5. The second kappa shape index (κ2) is 11.1. The van der Waals surface area contributed by atoms with Crippen LogP contribution in [0.15, 0.2) is 35.3 Å². The molecule has 0 fully saturated rings. The van der Waals surface area contributed by atoms with Crippen LogP contribution in [0.5, 0.6) is 0 Å². The molecule has 0 heterocycles. The van der Waals surface area contributed by atoms with E-state index in [-0.39, 0.29) is 6.04 Å². The summed E-state index contributed by atoms with van der Waals surface area (Å²) in [7, 11) is 0. The van der Waals surface area contributed by atoms with Crippen LogP contribution in [-0.4, -0.2) is 32.3 Å². The van der Waals surface area contributed by atoms with Crippen LogP contribution in [-0.2, 0) is 4.74 Å². The molecule has 1 aromatic carbocycles. The zero-order chi connectivity index (χ0) is 16.2. The van der Waals surface area contributed by atoms with Gasteiger partial charge in [-0.3, -0.25) is 4.99 Å². The fourth-order valence-corrected chi connectivity index (χ4v) is 2.03. The van der Waals surface area contributed by atoms with Gasteiger partial charge in [-0.25, -0.2) is 0 Å². The Bertz CT molecular complexity index is 418. The summed E-state index contributed by atoms with van der Waals surface area (Å²) in [4.78, 5) is 4.61. The van der Waals surface area contributed by atoms with Crippen molar-refractivity contribution < 1.29 is 4.74 Å². The number of aliphatic imine (C=N–C) groups is 1. The first-order valence-corrected chi connectivity index (χ1v) is 8.31. The van der Waals surface area contributed by atoms with E-state index in [2.05, 4.69) is 67.6 Å². The Morgan fingerprint density at radius 3 is 2.55 bits per heavy atom. The van der Waals surface area contributed by atoms with Crippen molar-refractivity contribution in [1.29, 1.82) is 0 Å². The molecule has 1 aromatic rings. The first-order chi connectivity index (χ1) is 10.6. The van der Waals surface area contributed by atoms with Crippen molar-refractivity contribution in [2.75, 3.05) is 26.3 Å². The highest BCUT2D eigenvalue weighted by Gasteiger charge is 2.06. The number of hydrogen-bond donors (Lipinski definition) is 2. The van der Waals surface area contributed by atoms with Gasteiger partial charge in [0.1, 0.15) is 0 Å².